The first-order valence-corrected chi connectivity index (χ1v) is 42.5. The maximum absolute atomic E-state index is 8.89. The molecule has 0 atom stereocenters. The summed E-state index contributed by atoms with van der Waals surface area (Å²) in [6.07, 6.45) is 11.5. The standard InChI is InChI=1S/C44H45BN4O3.C38H33BrN4O.C12H24B2O4.C2H4O2.C2H6.K/c1-28(2)36-25-31(45-51-43(5,6)44(7,8)52-45)26-37(29(3)4)41(36)48-23-22-47-42(48)30-14-13-15-32(24-30)50-33-19-20-35-34-16-9-10-17-38(34)49(39(35)27-33)40-18-11-12-21-46-40;1-24(2)32-21-27(39)22-33(25(3)4)37(32)42-19-18-41-38(42)26-10-9-11-28(20-26)44-29-15-16-31-30-12-5-6-13-34(30)43(35(31)23-29)36-14-7-8-17-40-36;1-9(2)10(3,4)16-13(15-9)14-17-11(5,6)12(7,8)18-14;1-2(3)4;1-2;/h9-29H,1-8H3;5-25H,1-4H3;1-8H3;1H3,(H,3,4);1-2H3;/q;;;;;+1/p-1. The van der Waals surface area contributed by atoms with Crippen molar-refractivity contribution in [3.05, 3.63) is 258 Å². The molecule has 3 aliphatic rings. The number of carboxylic acids is 1. The van der Waals surface area contributed by atoms with Crippen LogP contribution in [0, 0.1) is 0 Å². The molecule has 620 valence electrons. The zero-order chi connectivity index (χ0) is 86.3. The SMILES string of the molecule is CC.CC(=O)[O-].CC(C)c1cc(B2OC(C)(C)C(C)(C)O2)cc(C(C)C)c1-n1ccnc1-c1cccc(Oc2ccc3c4ccccc4n(-c4ccccn4)c3c2)c1.CC(C)c1cc(Br)cc(C(C)C)c1-n1ccnc1-c1cccc(Oc2ccc3c4ccccc4n(-c4ccccn4)c3c2)c1.CC1(C)OB(B2OC(C)(C)C(C)(C)O2)OC1(C)C.[K+]. The molecule has 0 bridgehead atoms. The zero-order valence-corrected chi connectivity index (χ0v) is 79.2. The van der Waals surface area contributed by atoms with E-state index >= 15 is 0 Å². The van der Waals surface area contributed by atoms with E-state index in [-0.39, 0.29) is 85.6 Å². The van der Waals surface area contributed by atoms with Gasteiger partial charge in [0.25, 0.3) is 0 Å². The van der Waals surface area contributed by atoms with E-state index < -0.39 is 38.3 Å². The Morgan fingerprint density at radius 3 is 1.06 bits per heavy atom. The van der Waals surface area contributed by atoms with E-state index in [9.17, 15) is 0 Å². The van der Waals surface area contributed by atoms with E-state index in [1.54, 1.807) is 0 Å². The van der Waals surface area contributed by atoms with Crippen LogP contribution in [0.5, 0.6) is 23.0 Å². The van der Waals surface area contributed by atoms with Crippen LogP contribution in [0.15, 0.2) is 236 Å². The van der Waals surface area contributed by atoms with Gasteiger partial charge in [-0.3, -0.25) is 18.3 Å². The molecule has 0 radical (unpaired) electrons. The first kappa shape index (κ1) is 91.4. The summed E-state index contributed by atoms with van der Waals surface area (Å²) >= 11 is 3.75. The number of ether oxygens (including phenoxy) is 2. The van der Waals surface area contributed by atoms with Crippen molar-refractivity contribution in [3.63, 3.8) is 0 Å². The van der Waals surface area contributed by atoms with Crippen LogP contribution < -0.4 is 71.4 Å². The van der Waals surface area contributed by atoms with Crippen molar-refractivity contribution in [2.75, 3.05) is 0 Å². The van der Waals surface area contributed by atoms with Crippen molar-refractivity contribution in [3.8, 4) is 68.8 Å². The number of rotatable bonds is 16. The Balaban J connectivity index is 0.000000175. The average molecular weight is 1710 g/mol. The number of carbonyl (C=O) groups excluding carboxylic acids is 1. The molecule has 9 heterocycles. The molecular formula is C98H111B3BrKN8O10. The van der Waals surface area contributed by atoms with Gasteiger partial charge in [0.15, 0.2) is 0 Å². The molecule has 18 nitrogen and oxygen atoms in total. The second kappa shape index (κ2) is 37.0. The molecule has 6 aromatic heterocycles. The monoisotopic (exact) mass is 1710 g/mol. The van der Waals surface area contributed by atoms with Gasteiger partial charge in [0, 0.05) is 92.4 Å². The number of imidazole rings is 2. The minimum Gasteiger partial charge on any atom is -0.550 e. The van der Waals surface area contributed by atoms with Gasteiger partial charge in [-0.1, -0.05) is 170 Å². The van der Waals surface area contributed by atoms with Crippen molar-refractivity contribution in [2.45, 2.75) is 217 Å². The zero-order valence-electron chi connectivity index (χ0n) is 74.5. The predicted molar refractivity (Wildman–Crippen MR) is 489 cm³/mol. The van der Waals surface area contributed by atoms with Crippen LogP contribution in [0.1, 0.15) is 205 Å². The maximum Gasteiger partial charge on any atom is 1.00 e. The number of pyridine rings is 2. The number of nitrogens with zero attached hydrogens (tertiary/aromatic N) is 8. The first-order chi connectivity index (χ1) is 56.9. The molecule has 23 heteroatoms. The maximum atomic E-state index is 8.89. The molecule has 3 fully saturated rings. The fourth-order valence-electron chi connectivity index (χ4n) is 15.3. The van der Waals surface area contributed by atoms with E-state index in [0.717, 1.165) is 113 Å². The van der Waals surface area contributed by atoms with E-state index in [1.807, 2.05) is 167 Å². The Morgan fingerprint density at radius 1 is 0.388 bits per heavy atom. The quantitative estimate of drug-likeness (QED) is 0.0832. The largest absolute Gasteiger partial charge is 1.00 e. The Kier molecular flexibility index (Phi) is 27.9. The predicted octanol–water partition coefficient (Wildman–Crippen LogP) is 20.2. The van der Waals surface area contributed by atoms with E-state index in [0.29, 0.717) is 11.8 Å². The number of fused-ring (bicyclic) bond motifs is 6. The molecule has 0 saturated carbocycles. The Hall–Kier alpha value is -8.78. The molecule has 0 aliphatic carbocycles. The van der Waals surface area contributed by atoms with Crippen molar-refractivity contribution >= 4 is 92.1 Å². The third kappa shape index (κ3) is 19.0. The van der Waals surface area contributed by atoms with Gasteiger partial charge in [-0.2, -0.15) is 0 Å². The summed E-state index contributed by atoms with van der Waals surface area (Å²) in [5, 5.41) is 13.6. The number of halogens is 1. The van der Waals surface area contributed by atoms with Gasteiger partial charge in [-0.15, -0.1) is 0 Å². The molecule has 8 aromatic carbocycles. The summed E-state index contributed by atoms with van der Waals surface area (Å²) in [4.78, 5) is 28.0. The second-order valence-electron chi connectivity index (χ2n) is 34.9. The van der Waals surface area contributed by atoms with Crippen LogP contribution in [0.25, 0.3) is 89.4 Å². The molecule has 0 amide bonds. The van der Waals surface area contributed by atoms with Gasteiger partial charge in [0.2, 0.25) is 0 Å². The van der Waals surface area contributed by atoms with Crippen LogP contribution in [-0.4, -0.2) is 98.9 Å². The van der Waals surface area contributed by atoms with Gasteiger partial charge < -0.3 is 47.3 Å². The fraction of sp³-hybridized carbons (Fsp3) is 0.337. The van der Waals surface area contributed by atoms with Crippen molar-refractivity contribution in [1.82, 2.24) is 38.2 Å². The number of benzene rings is 8. The summed E-state index contributed by atoms with van der Waals surface area (Å²) in [7, 11) is -1.39. The minimum atomic E-state index is -1.08. The van der Waals surface area contributed by atoms with Crippen LogP contribution in [0.3, 0.4) is 0 Å². The molecule has 121 heavy (non-hydrogen) atoms. The third-order valence-corrected chi connectivity index (χ3v) is 24.0. The van der Waals surface area contributed by atoms with E-state index in [1.165, 1.54) is 38.7 Å². The number of carboxylic acid groups (broad SMARTS) is 1. The molecule has 0 N–H and O–H groups in total. The van der Waals surface area contributed by atoms with E-state index in [4.69, 9.17) is 57.3 Å². The molecule has 3 aliphatic heterocycles. The normalized spacial score (nSPS) is 15.9. The summed E-state index contributed by atoms with van der Waals surface area (Å²) in [6, 6.07) is 66.8. The fourth-order valence-corrected chi connectivity index (χ4v) is 15.8. The third-order valence-electron chi connectivity index (χ3n) is 23.6. The van der Waals surface area contributed by atoms with Crippen molar-refractivity contribution in [1.29, 1.82) is 0 Å². The van der Waals surface area contributed by atoms with Gasteiger partial charge >= 0.3 is 72.5 Å². The number of carbonyl (C=O) groups is 1. The minimum absolute atomic E-state index is 0. The Labute approximate surface area is 765 Å². The Bertz CT molecular complexity index is 5870. The molecule has 0 spiro atoms. The van der Waals surface area contributed by atoms with Crippen molar-refractivity contribution in [2.24, 2.45) is 0 Å². The van der Waals surface area contributed by atoms with Crippen LogP contribution in [0.2, 0.25) is 0 Å². The van der Waals surface area contributed by atoms with Gasteiger partial charge in [-0.05, 0) is 238 Å². The van der Waals surface area contributed by atoms with Crippen LogP contribution >= 0.6 is 15.9 Å². The van der Waals surface area contributed by atoms with Crippen LogP contribution in [0.4, 0.5) is 0 Å². The van der Waals surface area contributed by atoms with Crippen molar-refractivity contribution < 1.29 is 98.7 Å². The van der Waals surface area contributed by atoms with Gasteiger partial charge in [-0.25, -0.2) is 19.9 Å². The van der Waals surface area contributed by atoms with Crippen LogP contribution in [-0.2, 0) is 32.7 Å². The Morgan fingerprint density at radius 2 is 0.711 bits per heavy atom. The number of para-hydroxylation sites is 2. The summed E-state index contributed by atoms with van der Waals surface area (Å²) < 4.78 is 59.9. The van der Waals surface area contributed by atoms with E-state index in [2.05, 4.69) is 261 Å². The number of hydrogen-bond donors (Lipinski definition) is 0. The summed E-state index contributed by atoms with van der Waals surface area (Å²) in [5.41, 5.74) is 12.4. The molecule has 14 aromatic rings. The molecule has 3 saturated heterocycles. The smallest absolute Gasteiger partial charge is 0.550 e. The number of aliphatic carboxylic acids is 1. The number of aromatic nitrogens is 8. The first-order valence-electron chi connectivity index (χ1n) is 41.7. The molecule has 17 rings (SSSR count). The number of hydrogen-bond acceptors (Lipinski definition) is 14. The van der Waals surface area contributed by atoms with Gasteiger partial charge in [0.1, 0.15) is 46.3 Å². The summed E-state index contributed by atoms with van der Waals surface area (Å²) in [6.45, 7) is 47.5. The molecule has 0 unspecified atom stereocenters. The average Bonchev–Trinajstić information content (AvgIpc) is 1.65. The second-order valence-corrected chi connectivity index (χ2v) is 35.8. The topological polar surface area (TPSA) is 185 Å². The van der Waals surface area contributed by atoms with Gasteiger partial charge in [0.05, 0.1) is 67.0 Å². The molecular weight excluding hydrogens is 1600 g/mol. The summed E-state index contributed by atoms with van der Waals surface area (Å²) in [5.74, 6) is 6.57.